The van der Waals surface area contributed by atoms with Gasteiger partial charge in [-0.2, -0.15) is 0 Å². The topological polar surface area (TPSA) is 72.2 Å². The van der Waals surface area contributed by atoms with Gasteiger partial charge < -0.3 is 5.73 Å². The lowest BCUT2D eigenvalue weighted by atomic mass is 10.2. The van der Waals surface area contributed by atoms with Crippen LogP contribution in [-0.4, -0.2) is 21.0 Å². The molecule has 1 aromatic rings. The van der Waals surface area contributed by atoms with E-state index in [1.165, 1.54) is 12.1 Å². The highest BCUT2D eigenvalue weighted by Gasteiger charge is 2.15. The van der Waals surface area contributed by atoms with Crippen LogP contribution < -0.4 is 10.5 Å². The summed E-state index contributed by atoms with van der Waals surface area (Å²) in [6.07, 6.45) is 0. The van der Waals surface area contributed by atoms with E-state index in [1.807, 2.05) is 0 Å². The van der Waals surface area contributed by atoms with Gasteiger partial charge in [0.25, 0.3) is 0 Å². The smallest absolute Gasteiger partial charge is 0.240 e. The van der Waals surface area contributed by atoms with Gasteiger partial charge in [-0.15, -0.1) is 0 Å². The summed E-state index contributed by atoms with van der Waals surface area (Å²) in [5.74, 6) is -0.538. The van der Waals surface area contributed by atoms with Crippen molar-refractivity contribution in [2.75, 3.05) is 6.54 Å². The van der Waals surface area contributed by atoms with Crippen LogP contribution in [0, 0.1) is 12.7 Å². The van der Waals surface area contributed by atoms with Crippen LogP contribution in [0.15, 0.2) is 23.1 Å². The van der Waals surface area contributed by atoms with Crippen LogP contribution in [0.25, 0.3) is 0 Å². The number of halogens is 1. The molecule has 0 aliphatic rings. The van der Waals surface area contributed by atoms with Crippen molar-refractivity contribution in [3.8, 4) is 0 Å². The maximum Gasteiger partial charge on any atom is 0.240 e. The molecular weight excluding hydrogens is 231 g/mol. The van der Waals surface area contributed by atoms with E-state index in [4.69, 9.17) is 5.73 Å². The zero-order chi connectivity index (χ0) is 12.3. The van der Waals surface area contributed by atoms with Gasteiger partial charge in [0.05, 0.1) is 4.90 Å². The first-order valence-electron chi connectivity index (χ1n) is 4.84. The van der Waals surface area contributed by atoms with Crippen molar-refractivity contribution in [3.05, 3.63) is 29.6 Å². The molecule has 1 rings (SSSR count). The Balaban J connectivity index is 2.94. The minimum atomic E-state index is -3.66. The molecule has 1 atom stereocenters. The van der Waals surface area contributed by atoms with Gasteiger partial charge in [0.1, 0.15) is 5.82 Å². The van der Waals surface area contributed by atoms with Crippen molar-refractivity contribution in [2.24, 2.45) is 5.73 Å². The van der Waals surface area contributed by atoms with Crippen LogP contribution in [0.2, 0.25) is 0 Å². The summed E-state index contributed by atoms with van der Waals surface area (Å²) in [5.41, 5.74) is 5.84. The number of benzene rings is 1. The molecular formula is C10H15FN2O2S. The van der Waals surface area contributed by atoms with E-state index < -0.39 is 15.8 Å². The van der Waals surface area contributed by atoms with E-state index in [-0.39, 0.29) is 17.5 Å². The van der Waals surface area contributed by atoms with Crippen LogP contribution in [0.5, 0.6) is 0 Å². The fraction of sp³-hybridized carbons (Fsp3) is 0.400. The van der Waals surface area contributed by atoms with Crippen molar-refractivity contribution in [1.82, 2.24) is 4.72 Å². The standard InChI is InChI=1S/C10H15FN2O2S/c1-7-3-4-9(5-10(7)11)16(14,15)13-6-8(2)12/h3-5,8,13H,6,12H2,1-2H3/t8-/m1/s1. The molecule has 4 nitrogen and oxygen atoms in total. The molecule has 1 aromatic carbocycles. The van der Waals surface area contributed by atoms with Crippen LogP contribution >= 0.6 is 0 Å². The Morgan fingerprint density at radius 2 is 2.12 bits per heavy atom. The Morgan fingerprint density at radius 1 is 1.50 bits per heavy atom. The lowest BCUT2D eigenvalue weighted by molar-refractivity contribution is 0.570. The summed E-state index contributed by atoms with van der Waals surface area (Å²) in [6, 6.07) is 3.50. The first-order valence-corrected chi connectivity index (χ1v) is 6.32. The highest BCUT2D eigenvalue weighted by atomic mass is 32.2. The van der Waals surface area contributed by atoms with Gasteiger partial charge in [-0.1, -0.05) is 6.07 Å². The quantitative estimate of drug-likeness (QED) is 0.823. The SMILES string of the molecule is Cc1ccc(S(=O)(=O)NC[C@@H](C)N)cc1F. The third-order valence-electron chi connectivity index (χ3n) is 2.05. The molecule has 0 unspecified atom stereocenters. The van der Waals surface area contributed by atoms with Crippen LogP contribution in [-0.2, 0) is 10.0 Å². The van der Waals surface area contributed by atoms with Crippen molar-refractivity contribution in [3.63, 3.8) is 0 Å². The predicted octanol–water partition coefficient (Wildman–Crippen LogP) is 0.760. The Hall–Kier alpha value is -0.980. The van der Waals surface area contributed by atoms with Gasteiger partial charge in [-0.05, 0) is 31.5 Å². The summed E-state index contributed by atoms with van der Waals surface area (Å²) in [6.45, 7) is 3.37. The molecule has 0 saturated heterocycles. The van der Waals surface area contributed by atoms with Crippen molar-refractivity contribution < 1.29 is 12.8 Å². The summed E-state index contributed by atoms with van der Waals surface area (Å²) in [7, 11) is -3.66. The molecule has 0 amide bonds. The van der Waals surface area contributed by atoms with Gasteiger partial charge in [0, 0.05) is 12.6 Å². The molecule has 3 N–H and O–H groups in total. The van der Waals surface area contributed by atoms with Crippen molar-refractivity contribution in [2.45, 2.75) is 24.8 Å². The number of nitrogens with two attached hydrogens (primary N) is 1. The van der Waals surface area contributed by atoms with E-state index >= 15 is 0 Å². The lowest BCUT2D eigenvalue weighted by Crippen LogP contribution is -2.35. The van der Waals surface area contributed by atoms with Gasteiger partial charge >= 0.3 is 0 Å². The molecule has 0 bridgehead atoms. The average molecular weight is 246 g/mol. The fourth-order valence-corrected chi connectivity index (χ4v) is 2.22. The number of hydrogen-bond donors (Lipinski definition) is 2. The normalized spacial score (nSPS) is 13.8. The molecule has 0 radical (unpaired) electrons. The number of rotatable bonds is 4. The lowest BCUT2D eigenvalue weighted by Gasteiger charge is -2.09. The molecule has 0 aliphatic heterocycles. The molecule has 90 valence electrons. The molecule has 0 aliphatic carbocycles. The third kappa shape index (κ3) is 3.26. The van der Waals surface area contributed by atoms with E-state index in [9.17, 15) is 12.8 Å². The maximum atomic E-state index is 13.2. The highest BCUT2D eigenvalue weighted by Crippen LogP contribution is 2.13. The summed E-state index contributed by atoms with van der Waals surface area (Å²) in [5, 5.41) is 0. The van der Waals surface area contributed by atoms with Gasteiger partial charge in [0.2, 0.25) is 10.0 Å². The Morgan fingerprint density at radius 3 is 2.62 bits per heavy atom. The molecule has 0 saturated carbocycles. The van der Waals surface area contributed by atoms with Gasteiger partial charge in [-0.25, -0.2) is 17.5 Å². The van der Waals surface area contributed by atoms with Crippen LogP contribution in [0.3, 0.4) is 0 Å². The van der Waals surface area contributed by atoms with Crippen molar-refractivity contribution >= 4 is 10.0 Å². The fourth-order valence-electron chi connectivity index (χ4n) is 1.07. The second kappa shape index (κ2) is 4.90. The van der Waals surface area contributed by atoms with Gasteiger partial charge in [0.15, 0.2) is 0 Å². The van der Waals surface area contributed by atoms with Crippen molar-refractivity contribution in [1.29, 1.82) is 0 Å². The zero-order valence-electron chi connectivity index (χ0n) is 9.20. The molecule has 6 heteroatoms. The summed E-state index contributed by atoms with van der Waals surface area (Å²) < 4.78 is 38.8. The molecule has 0 heterocycles. The van der Waals surface area contributed by atoms with Crippen LogP contribution in [0.4, 0.5) is 4.39 Å². The molecule has 16 heavy (non-hydrogen) atoms. The van der Waals surface area contributed by atoms with E-state index in [2.05, 4.69) is 4.72 Å². The molecule has 0 spiro atoms. The van der Waals surface area contributed by atoms with Gasteiger partial charge in [-0.3, -0.25) is 0 Å². The Labute approximate surface area is 94.7 Å². The maximum absolute atomic E-state index is 13.2. The minimum Gasteiger partial charge on any atom is -0.327 e. The first-order chi connectivity index (χ1) is 7.33. The molecule has 0 aromatic heterocycles. The zero-order valence-corrected chi connectivity index (χ0v) is 10.0. The highest BCUT2D eigenvalue weighted by molar-refractivity contribution is 7.89. The monoisotopic (exact) mass is 246 g/mol. The number of hydrogen-bond acceptors (Lipinski definition) is 3. The Bertz CT molecular complexity index is 472. The number of sulfonamides is 1. The second-order valence-electron chi connectivity index (χ2n) is 3.74. The summed E-state index contributed by atoms with van der Waals surface area (Å²) in [4.78, 5) is -0.0868. The Kier molecular flexibility index (Phi) is 4.01. The second-order valence-corrected chi connectivity index (χ2v) is 5.51. The van der Waals surface area contributed by atoms with E-state index in [0.717, 1.165) is 6.07 Å². The number of nitrogens with one attached hydrogen (secondary N) is 1. The minimum absolute atomic E-state index is 0.0868. The van der Waals surface area contributed by atoms with E-state index in [0.29, 0.717) is 5.56 Å². The average Bonchev–Trinajstić information content (AvgIpc) is 2.19. The first kappa shape index (κ1) is 13.1. The third-order valence-corrected chi connectivity index (χ3v) is 3.47. The largest absolute Gasteiger partial charge is 0.327 e. The predicted molar refractivity (Wildman–Crippen MR) is 60.0 cm³/mol. The molecule has 0 fully saturated rings. The summed E-state index contributed by atoms with van der Waals surface area (Å²) >= 11 is 0. The van der Waals surface area contributed by atoms with Crippen LogP contribution in [0.1, 0.15) is 12.5 Å². The number of aryl methyl sites for hydroxylation is 1. The van der Waals surface area contributed by atoms with E-state index in [1.54, 1.807) is 13.8 Å².